The Morgan fingerprint density at radius 1 is 1.32 bits per heavy atom. The van der Waals surface area contributed by atoms with Crippen LogP contribution in [0.25, 0.3) is 0 Å². The maximum atomic E-state index is 6.14. The Labute approximate surface area is 118 Å². The molecule has 2 heterocycles. The molecule has 0 aliphatic carbocycles. The highest BCUT2D eigenvalue weighted by Crippen LogP contribution is 2.38. The molecule has 3 nitrogen and oxygen atoms in total. The first-order valence-corrected chi connectivity index (χ1v) is 7.07. The second-order valence-corrected chi connectivity index (χ2v) is 6.23. The van der Waals surface area contributed by atoms with Gasteiger partial charge in [-0.1, -0.05) is 23.7 Å². The van der Waals surface area contributed by atoms with Crippen molar-refractivity contribution in [3.05, 3.63) is 34.3 Å². The van der Waals surface area contributed by atoms with Crippen LogP contribution < -0.4 is 0 Å². The van der Waals surface area contributed by atoms with Gasteiger partial charge in [0.05, 0.1) is 6.10 Å². The molecule has 4 heteroatoms. The number of hydrogen-bond donors (Lipinski definition) is 0. The molecule has 3 atom stereocenters. The third-order valence-electron chi connectivity index (χ3n) is 3.66. The van der Waals surface area contributed by atoms with E-state index in [4.69, 9.17) is 25.8 Å². The van der Waals surface area contributed by atoms with Crippen molar-refractivity contribution in [1.82, 2.24) is 0 Å². The summed E-state index contributed by atoms with van der Waals surface area (Å²) in [5, 5.41) is 0.810. The molecule has 1 aromatic rings. The maximum absolute atomic E-state index is 6.14. The average Bonchev–Trinajstić information content (AvgIpc) is 2.76. The van der Waals surface area contributed by atoms with Crippen LogP contribution in [-0.2, 0) is 20.6 Å². The minimum Gasteiger partial charge on any atom is -0.346 e. The van der Waals surface area contributed by atoms with E-state index in [0.29, 0.717) is 0 Å². The van der Waals surface area contributed by atoms with Crippen LogP contribution in [0, 0.1) is 6.92 Å². The van der Waals surface area contributed by atoms with Crippen molar-refractivity contribution in [2.45, 2.75) is 57.9 Å². The van der Waals surface area contributed by atoms with Crippen LogP contribution >= 0.6 is 11.6 Å². The standard InChI is InChI=1S/C15H19ClO3/c1-9-4-5-10(7-12(9)16)6-11-8-13-14(17-11)19-15(2,3)18-13/h4-5,7,11,13-14H,6,8H2,1-3H3. The van der Waals surface area contributed by atoms with Gasteiger partial charge in [-0.15, -0.1) is 0 Å². The van der Waals surface area contributed by atoms with E-state index in [1.54, 1.807) is 0 Å². The van der Waals surface area contributed by atoms with Gasteiger partial charge in [0, 0.05) is 11.4 Å². The lowest BCUT2D eigenvalue weighted by molar-refractivity contribution is -0.204. The first kappa shape index (κ1) is 13.4. The van der Waals surface area contributed by atoms with Crippen molar-refractivity contribution in [3.8, 4) is 0 Å². The Kier molecular flexibility index (Phi) is 3.34. The van der Waals surface area contributed by atoms with Gasteiger partial charge in [-0.2, -0.15) is 0 Å². The average molecular weight is 283 g/mol. The first-order valence-electron chi connectivity index (χ1n) is 6.69. The Morgan fingerprint density at radius 3 is 2.79 bits per heavy atom. The third kappa shape index (κ3) is 2.79. The van der Waals surface area contributed by atoms with Crippen LogP contribution in [0.4, 0.5) is 0 Å². The van der Waals surface area contributed by atoms with E-state index in [-0.39, 0.29) is 18.5 Å². The van der Waals surface area contributed by atoms with Crippen LogP contribution in [0.1, 0.15) is 31.4 Å². The normalized spacial score (nSPS) is 32.5. The van der Waals surface area contributed by atoms with Crippen LogP contribution in [0.5, 0.6) is 0 Å². The number of benzene rings is 1. The molecule has 19 heavy (non-hydrogen) atoms. The van der Waals surface area contributed by atoms with Crippen LogP contribution in [0.3, 0.4) is 0 Å². The van der Waals surface area contributed by atoms with Crippen molar-refractivity contribution in [3.63, 3.8) is 0 Å². The number of rotatable bonds is 2. The molecular weight excluding hydrogens is 264 g/mol. The fraction of sp³-hybridized carbons (Fsp3) is 0.600. The lowest BCUT2D eigenvalue weighted by Crippen LogP contribution is -2.25. The van der Waals surface area contributed by atoms with Gasteiger partial charge in [0.1, 0.15) is 6.10 Å². The molecule has 1 aromatic carbocycles. The van der Waals surface area contributed by atoms with Gasteiger partial charge in [0.2, 0.25) is 0 Å². The van der Waals surface area contributed by atoms with E-state index in [0.717, 1.165) is 23.4 Å². The zero-order chi connectivity index (χ0) is 13.6. The van der Waals surface area contributed by atoms with Crippen molar-refractivity contribution < 1.29 is 14.2 Å². The molecule has 2 aliphatic heterocycles. The van der Waals surface area contributed by atoms with E-state index in [9.17, 15) is 0 Å². The first-order chi connectivity index (χ1) is 8.93. The van der Waals surface area contributed by atoms with Crippen molar-refractivity contribution in [1.29, 1.82) is 0 Å². The molecule has 3 unspecified atom stereocenters. The second-order valence-electron chi connectivity index (χ2n) is 5.82. The van der Waals surface area contributed by atoms with Gasteiger partial charge in [0.25, 0.3) is 0 Å². The Balaban J connectivity index is 1.63. The zero-order valence-corrected chi connectivity index (χ0v) is 12.2. The summed E-state index contributed by atoms with van der Waals surface area (Å²) in [6.45, 7) is 5.85. The quantitative estimate of drug-likeness (QED) is 0.831. The zero-order valence-electron chi connectivity index (χ0n) is 11.5. The minimum absolute atomic E-state index is 0.0564. The van der Waals surface area contributed by atoms with Crippen LogP contribution in [0.2, 0.25) is 5.02 Å². The molecule has 3 rings (SSSR count). The Hall–Kier alpha value is -0.610. The SMILES string of the molecule is Cc1ccc(CC2CC3OC(C)(C)OC3O2)cc1Cl. The van der Waals surface area contributed by atoms with Gasteiger partial charge in [-0.3, -0.25) is 0 Å². The van der Waals surface area contributed by atoms with E-state index in [1.807, 2.05) is 32.9 Å². The molecule has 0 radical (unpaired) electrons. The monoisotopic (exact) mass is 282 g/mol. The molecule has 2 fully saturated rings. The molecule has 0 spiro atoms. The van der Waals surface area contributed by atoms with E-state index < -0.39 is 5.79 Å². The number of halogens is 1. The molecule has 2 saturated heterocycles. The number of ether oxygens (including phenoxy) is 3. The van der Waals surface area contributed by atoms with E-state index >= 15 is 0 Å². The summed E-state index contributed by atoms with van der Waals surface area (Å²) in [5.74, 6) is -0.520. The predicted molar refractivity (Wildman–Crippen MR) is 73.2 cm³/mol. The molecule has 0 saturated carbocycles. The smallest absolute Gasteiger partial charge is 0.187 e. The molecule has 0 amide bonds. The molecule has 0 bridgehead atoms. The number of aryl methyl sites for hydroxylation is 1. The highest BCUT2D eigenvalue weighted by molar-refractivity contribution is 6.31. The Morgan fingerprint density at radius 2 is 2.11 bits per heavy atom. The number of fused-ring (bicyclic) bond motifs is 1. The summed E-state index contributed by atoms with van der Waals surface area (Å²) in [4.78, 5) is 0. The van der Waals surface area contributed by atoms with Crippen molar-refractivity contribution >= 4 is 11.6 Å². The third-order valence-corrected chi connectivity index (χ3v) is 4.07. The van der Waals surface area contributed by atoms with Crippen LogP contribution in [-0.4, -0.2) is 24.3 Å². The molecule has 0 N–H and O–H groups in total. The summed E-state index contributed by atoms with van der Waals surface area (Å²) >= 11 is 6.14. The van der Waals surface area contributed by atoms with Gasteiger partial charge in [0.15, 0.2) is 12.1 Å². The molecule has 2 aliphatic rings. The maximum Gasteiger partial charge on any atom is 0.187 e. The fourth-order valence-corrected chi connectivity index (χ4v) is 2.94. The predicted octanol–water partition coefficient (Wildman–Crippen LogP) is 3.46. The molecule has 0 aromatic heterocycles. The van der Waals surface area contributed by atoms with Crippen molar-refractivity contribution in [2.24, 2.45) is 0 Å². The molecular formula is C15H19ClO3. The highest BCUT2D eigenvalue weighted by Gasteiger charge is 2.48. The summed E-state index contributed by atoms with van der Waals surface area (Å²) in [7, 11) is 0. The second kappa shape index (κ2) is 4.74. The highest BCUT2D eigenvalue weighted by atomic mass is 35.5. The number of hydrogen-bond acceptors (Lipinski definition) is 3. The summed E-state index contributed by atoms with van der Waals surface area (Å²) in [6, 6.07) is 6.16. The van der Waals surface area contributed by atoms with Gasteiger partial charge < -0.3 is 14.2 Å². The topological polar surface area (TPSA) is 27.7 Å². The van der Waals surface area contributed by atoms with Gasteiger partial charge >= 0.3 is 0 Å². The fourth-order valence-electron chi connectivity index (χ4n) is 2.74. The minimum atomic E-state index is -0.520. The molecule has 104 valence electrons. The largest absolute Gasteiger partial charge is 0.346 e. The summed E-state index contributed by atoms with van der Waals surface area (Å²) in [5.41, 5.74) is 2.29. The lowest BCUT2D eigenvalue weighted by Gasteiger charge is -2.20. The van der Waals surface area contributed by atoms with Gasteiger partial charge in [-0.25, -0.2) is 0 Å². The Bertz CT molecular complexity index is 470. The summed E-state index contributed by atoms with van der Waals surface area (Å²) < 4.78 is 17.4. The summed E-state index contributed by atoms with van der Waals surface area (Å²) in [6.07, 6.45) is 1.70. The van der Waals surface area contributed by atoms with Crippen LogP contribution in [0.15, 0.2) is 18.2 Å². The van der Waals surface area contributed by atoms with E-state index in [2.05, 4.69) is 6.07 Å². The van der Waals surface area contributed by atoms with E-state index in [1.165, 1.54) is 5.56 Å². The van der Waals surface area contributed by atoms with Crippen molar-refractivity contribution in [2.75, 3.05) is 0 Å². The lowest BCUT2D eigenvalue weighted by atomic mass is 10.0. The van der Waals surface area contributed by atoms with Gasteiger partial charge in [-0.05, 0) is 44.4 Å².